The van der Waals surface area contributed by atoms with Gasteiger partial charge in [0.2, 0.25) is 5.91 Å². The van der Waals surface area contributed by atoms with E-state index < -0.39 is 0 Å². The summed E-state index contributed by atoms with van der Waals surface area (Å²) < 4.78 is 16.4. The maximum absolute atomic E-state index is 12.5. The van der Waals surface area contributed by atoms with E-state index in [0.717, 1.165) is 50.0 Å². The number of hydrogen-bond acceptors (Lipinski definition) is 5. The van der Waals surface area contributed by atoms with Gasteiger partial charge in [0.15, 0.2) is 11.5 Å². The summed E-state index contributed by atoms with van der Waals surface area (Å²) in [6, 6.07) is 13.9. The third-order valence-electron chi connectivity index (χ3n) is 5.18. The van der Waals surface area contributed by atoms with Crippen molar-refractivity contribution in [3.05, 3.63) is 53.6 Å². The van der Waals surface area contributed by atoms with Crippen LogP contribution in [0.3, 0.4) is 0 Å². The number of nitrogens with zero attached hydrogens (tertiary/aromatic N) is 2. The molecule has 0 radical (unpaired) electrons. The summed E-state index contributed by atoms with van der Waals surface area (Å²) in [6.07, 6.45) is 0.406. The number of rotatable bonds is 8. The van der Waals surface area contributed by atoms with Gasteiger partial charge in [0.25, 0.3) is 0 Å². The molecule has 0 saturated carbocycles. The molecule has 29 heavy (non-hydrogen) atoms. The number of ether oxygens (including phenoxy) is 3. The summed E-state index contributed by atoms with van der Waals surface area (Å²) in [5.74, 6) is 2.44. The van der Waals surface area contributed by atoms with Crippen LogP contribution in [-0.4, -0.2) is 62.7 Å². The zero-order valence-electron chi connectivity index (χ0n) is 17.5. The number of amides is 1. The highest BCUT2D eigenvalue weighted by atomic mass is 16.5. The van der Waals surface area contributed by atoms with Crippen molar-refractivity contribution >= 4 is 5.91 Å². The quantitative estimate of drug-likeness (QED) is 0.684. The molecule has 1 heterocycles. The van der Waals surface area contributed by atoms with Gasteiger partial charge in [0, 0.05) is 32.7 Å². The van der Waals surface area contributed by atoms with Gasteiger partial charge in [0.05, 0.1) is 27.2 Å². The molecule has 3 rings (SSSR count). The molecule has 1 fully saturated rings. The monoisotopic (exact) mass is 398 g/mol. The smallest absolute Gasteiger partial charge is 0.226 e. The van der Waals surface area contributed by atoms with Crippen LogP contribution in [0, 0.1) is 6.92 Å². The van der Waals surface area contributed by atoms with E-state index >= 15 is 0 Å². The number of carbonyl (C=O) groups excluding carboxylic acids is 1. The van der Waals surface area contributed by atoms with Crippen molar-refractivity contribution in [2.24, 2.45) is 0 Å². The average Bonchev–Trinajstić information content (AvgIpc) is 2.75. The molecule has 1 aliphatic heterocycles. The van der Waals surface area contributed by atoms with Crippen molar-refractivity contribution in [3.8, 4) is 17.2 Å². The van der Waals surface area contributed by atoms with E-state index in [1.54, 1.807) is 14.2 Å². The van der Waals surface area contributed by atoms with Gasteiger partial charge in [0.1, 0.15) is 5.75 Å². The third-order valence-corrected chi connectivity index (χ3v) is 5.18. The fraction of sp³-hybridized carbons (Fsp3) is 0.435. The number of methoxy groups -OCH3 is 2. The van der Waals surface area contributed by atoms with Crippen LogP contribution in [0.2, 0.25) is 0 Å². The fourth-order valence-corrected chi connectivity index (χ4v) is 3.44. The Hall–Kier alpha value is -2.73. The Bertz CT molecular complexity index is 799. The first-order valence-electron chi connectivity index (χ1n) is 9.99. The van der Waals surface area contributed by atoms with Crippen LogP contribution in [0.1, 0.15) is 17.5 Å². The predicted octanol–water partition coefficient (Wildman–Crippen LogP) is 3.13. The van der Waals surface area contributed by atoms with Crippen LogP contribution in [0.4, 0.5) is 0 Å². The van der Waals surface area contributed by atoms with E-state index in [0.29, 0.717) is 13.0 Å². The van der Waals surface area contributed by atoms with Crippen LogP contribution in [0.15, 0.2) is 42.5 Å². The first kappa shape index (κ1) is 21.0. The van der Waals surface area contributed by atoms with Gasteiger partial charge >= 0.3 is 0 Å². The molecule has 1 aliphatic rings. The lowest BCUT2D eigenvalue weighted by molar-refractivity contribution is -0.133. The van der Waals surface area contributed by atoms with Crippen molar-refractivity contribution in [3.63, 3.8) is 0 Å². The van der Waals surface area contributed by atoms with Crippen LogP contribution in [0.25, 0.3) is 0 Å². The zero-order valence-corrected chi connectivity index (χ0v) is 17.5. The number of hydrogen-bond donors (Lipinski definition) is 0. The molecule has 6 nitrogen and oxygen atoms in total. The molecule has 2 aromatic carbocycles. The molecule has 0 atom stereocenters. The Morgan fingerprint density at radius 3 is 2.28 bits per heavy atom. The van der Waals surface area contributed by atoms with E-state index in [4.69, 9.17) is 14.2 Å². The topological polar surface area (TPSA) is 51.2 Å². The van der Waals surface area contributed by atoms with Gasteiger partial charge in [-0.05, 0) is 36.8 Å². The van der Waals surface area contributed by atoms with E-state index in [9.17, 15) is 4.79 Å². The summed E-state index contributed by atoms with van der Waals surface area (Å²) >= 11 is 0. The molecule has 0 aromatic heterocycles. The number of benzene rings is 2. The Morgan fingerprint density at radius 2 is 1.62 bits per heavy atom. The van der Waals surface area contributed by atoms with Gasteiger partial charge in [-0.25, -0.2) is 0 Å². The zero-order chi connectivity index (χ0) is 20.6. The fourth-order valence-electron chi connectivity index (χ4n) is 3.44. The van der Waals surface area contributed by atoms with Crippen molar-refractivity contribution in [1.82, 2.24) is 9.80 Å². The minimum Gasteiger partial charge on any atom is -0.493 e. The highest BCUT2D eigenvalue weighted by molar-refractivity contribution is 5.76. The molecule has 6 heteroatoms. The third kappa shape index (κ3) is 5.87. The van der Waals surface area contributed by atoms with Crippen molar-refractivity contribution in [2.75, 3.05) is 47.0 Å². The van der Waals surface area contributed by atoms with Gasteiger partial charge in [-0.2, -0.15) is 0 Å². The second kappa shape index (κ2) is 10.2. The maximum Gasteiger partial charge on any atom is 0.226 e. The van der Waals surface area contributed by atoms with Crippen molar-refractivity contribution in [1.29, 1.82) is 0 Å². The standard InChI is InChI=1S/C23H30N2O4/c1-18-4-7-20(8-5-18)29-15-10-23(26)25-13-11-24(12-14-25)17-19-6-9-21(27-2)22(16-19)28-3/h4-9,16H,10-15,17H2,1-3H3. The molecular weight excluding hydrogens is 368 g/mol. The second-order valence-electron chi connectivity index (χ2n) is 7.26. The summed E-state index contributed by atoms with van der Waals surface area (Å²) in [7, 11) is 3.29. The predicted molar refractivity (Wildman–Crippen MR) is 113 cm³/mol. The highest BCUT2D eigenvalue weighted by Gasteiger charge is 2.21. The van der Waals surface area contributed by atoms with E-state index in [-0.39, 0.29) is 5.91 Å². The van der Waals surface area contributed by atoms with Crippen molar-refractivity contribution in [2.45, 2.75) is 19.9 Å². The molecule has 156 valence electrons. The summed E-state index contributed by atoms with van der Waals surface area (Å²) in [4.78, 5) is 16.7. The molecule has 0 bridgehead atoms. The average molecular weight is 399 g/mol. The Morgan fingerprint density at radius 1 is 0.931 bits per heavy atom. The van der Waals surface area contributed by atoms with Crippen molar-refractivity contribution < 1.29 is 19.0 Å². The molecule has 1 saturated heterocycles. The first-order chi connectivity index (χ1) is 14.1. The number of piperazine rings is 1. The van der Waals surface area contributed by atoms with Crippen LogP contribution < -0.4 is 14.2 Å². The lowest BCUT2D eigenvalue weighted by atomic mass is 10.1. The molecule has 1 amide bonds. The molecule has 0 aliphatic carbocycles. The summed E-state index contributed by atoms with van der Waals surface area (Å²) in [6.45, 7) is 6.50. The van der Waals surface area contributed by atoms with Gasteiger partial charge in [-0.15, -0.1) is 0 Å². The summed E-state index contributed by atoms with van der Waals surface area (Å²) in [5, 5.41) is 0. The van der Waals surface area contributed by atoms with Gasteiger partial charge < -0.3 is 19.1 Å². The van der Waals surface area contributed by atoms with Crippen LogP contribution >= 0.6 is 0 Å². The molecular formula is C23H30N2O4. The normalized spacial score (nSPS) is 14.5. The van der Waals surface area contributed by atoms with E-state index in [2.05, 4.69) is 11.0 Å². The Kier molecular flexibility index (Phi) is 7.36. The highest BCUT2D eigenvalue weighted by Crippen LogP contribution is 2.28. The molecule has 2 aromatic rings. The maximum atomic E-state index is 12.5. The SMILES string of the molecule is COc1ccc(CN2CCN(C(=O)CCOc3ccc(C)cc3)CC2)cc1OC. The minimum absolute atomic E-state index is 0.155. The van der Waals surface area contributed by atoms with Crippen LogP contribution in [-0.2, 0) is 11.3 Å². The molecule has 0 unspecified atom stereocenters. The van der Waals surface area contributed by atoms with E-state index in [1.165, 1.54) is 11.1 Å². The first-order valence-corrected chi connectivity index (χ1v) is 9.99. The molecule has 0 spiro atoms. The van der Waals surface area contributed by atoms with Gasteiger partial charge in [-0.3, -0.25) is 9.69 Å². The van der Waals surface area contributed by atoms with Crippen LogP contribution in [0.5, 0.6) is 17.2 Å². The lowest BCUT2D eigenvalue weighted by Gasteiger charge is -2.34. The Balaban J connectivity index is 1.41. The van der Waals surface area contributed by atoms with E-state index in [1.807, 2.05) is 48.2 Å². The number of aryl methyl sites for hydroxylation is 1. The largest absolute Gasteiger partial charge is 0.493 e. The molecule has 0 N–H and O–H groups in total. The lowest BCUT2D eigenvalue weighted by Crippen LogP contribution is -2.48. The number of carbonyl (C=O) groups is 1. The Labute approximate surface area is 173 Å². The second-order valence-corrected chi connectivity index (χ2v) is 7.26. The summed E-state index contributed by atoms with van der Waals surface area (Å²) in [5.41, 5.74) is 2.37. The van der Waals surface area contributed by atoms with Gasteiger partial charge in [-0.1, -0.05) is 23.8 Å². The minimum atomic E-state index is 0.155.